The molecular formula is C10H10Br4O5. The van der Waals surface area contributed by atoms with E-state index in [1.54, 1.807) is 0 Å². The first-order chi connectivity index (χ1) is 8.76. The molecule has 2 fully saturated rings. The third-order valence-corrected chi connectivity index (χ3v) is 9.60. The summed E-state index contributed by atoms with van der Waals surface area (Å²) in [6, 6.07) is 0. The Balaban J connectivity index is 2.56. The van der Waals surface area contributed by atoms with Crippen LogP contribution in [0, 0.1) is 0 Å². The van der Waals surface area contributed by atoms with E-state index in [0.717, 1.165) is 0 Å². The monoisotopic (exact) mass is 526 g/mol. The van der Waals surface area contributed by atoms with Crippen molar-refractivity contribution in [3.63, 3.8) is 0 Å². The van der Waals surface area contributed by atoms with Gasteiger partial charge < -0.3 is 14.2 Å². The minimum absolute atomic E-state index is 0.147. The van der Waals surface area contributed by atoms with Crippen LogP contribution in [0.1, 0.15) is 0 Å². The normalized spacial score (nSPS) is 48.1. The van der Waals surface area contributed by atoms with Gasteiger partial charge in [0.05, 0.1) is 36.1 Å². The number of alkyl halides is 4. The average molecular weight is 530 g/mol. The lowest BCUT2D eigenvalue weighted by molar-refractivity contribution is -0.152. The molecule has 0 aromatic heterocycles. The van der Waals surface area contributed by atoms with Crippen molar-refractivity contribution in [2.45, 2.75) is 30.5 Å². The van der Waals surface area contributed by atoms with Crippen LogP contribution in [0.2, 0.25) is 0 Å². The van der Waals surface area contributed by atoms with Gasteiger partial charge in [-0.3, -0.25) is 9.59 Å². The molecule has 2 aliphatic heterocycles. The van der Waals surface area contributed by atoms with Gasteiger partial charge in [-0.1, -0.05) is 63.7 Å². The number of rotatable bonds is 2. The first kappa shape index (κ1) is 16.2. The molecule has 2 heterocycles. The molecule has 2 rings (SSSR count). The Hall–Kier alpha value is 0.820. The molecule has 0 aromatic rings. The SMILES string of the molecule is COC(=O)[C@]1(Br)[C@H]2O[C@@H]([C@@H](Br)[C@@H]2Br)[C@@]1(Br)C(=O)OC. The predicted octanol–water partition coefficient (Wildman–Crippen LogP) is 1.91. The van der Waals surface area contributed by atoms with Crippen molar-refractivity contribution in [1.82, 2.24) is 0 Å². The summed E-state index contributed by atoms with van der Waals surface area (Å²) < 4.78 is 12.7. The number of fused-ring (bicyclic) bond motifs is 2. The fourth-order valence-electron chi connectivity index (χ4n) is 2.51. The Morgan fingerprint density at radius 1 is 0.947 bits per heavy atom. The molecule has 0 aliphatic carbocycles. The van der Waals surface area contributed by atoms with Gasteiger partial charge in [-0.05, 0) is 0 Å². The van der Waals surface area contributed by atoms with Gasteiger partial charge in [0.1, 0.15) is 0 Å². The van der Waals surface area contributed by atoms with E-state index in [1.165, 1.54) is 14.2 Å². The lowest BCUT2D eigenvalue weighted by Crippen LogP contribution is -2.67. The Labute approximate surface area is 143 Å². The topological polar surface area (TPSA) is 61.8 Å². The number of ether oxygens (including phenoxy) is 3. The maximum Gasteiger partial charge on any atom is 0.327 e. The van der Waals surface area contributed by atoms with Gasteiger partial charge in [0, 0.05) is 0 Å². The highest BCUT2D eigenvalue weighted by atomic mass is 79.9. The minimum Gasteiger partial charge on any atom is -0.468 e. The third-order valence-electron chi connectivity index (χ3n) is 3.45. The van der Waals surface area contributed by atoms with Crippen molar-refractivity contribution in [2.24, 2.45) is 0 Å². The van der Waals surface area contributed by atoms with Gasteiger partial charge in [-0.15, -0.1) is 0 Å². The zero-order valence-electron chi connectivity index (χ0n) is 9.86. The van der Waals surface area contributed by atoms with Gasteiger partial charge in [-0.25, -0.2) is 0 Å². The number of esters is 2. The van der Waals surface area contributed by atoms with Crippen LogP contribution in [-0.4, -0.2) is 56.7 Å². The lowest BCUT2D eigenvalue weighted by Gasteiger charge is -2.42. The van der Waals surface area contributed by atoms with Crippen LogP contribution in [0.5, 0.6) is 0 Å². The number of carbonyl (C=O) groups is 2. The molecule has 0 N–H and O–H groups in total. The first-order valence-corrected chi connectivity index (χ1v) is 8.66. The zero-order chi connectivity index (χ0) is 14.6. The van der Waals surface area contributed by atoms with Gasteiger partial charge in [-0.2, -0.15) is 0 Å². The van der Waals surface area contributed by atoms with Crippen LogP contribution in [0.4, 0.5) is 0 Å². The Kier molecular flexibility index (Phi) is 4.45. The number of carbonyl (C=O) groups excluding carboxylic acids is 2. The van der Waals surface area contributed by atoms with Crippen molar-refractivity contribution < 1.29 is 23.8 Å². The summed E-state index contributed by atoms with van der Waals surface area (Å²) >= 11 is 13.7. The fourth-order valence-corrected chi connectivity index (χ4v) is 6.70. The first-order valence-electron chi connectivity index (χ1n) is 5.25. The molecule has 5 nitrogen and oxygen atoms in total. The summed E-state index contributed by atoms with van der Waals surface area (Å²) in [5, 5.41) is 0. The average Bonchev–Trinajstić information content (AvgIpc) is 2.83. The summed E-state index contributed by atoms with van der Waals surface area (Å²) in [6.07, 6.45) is -1.15. The van der Waals surface area contributed by atoms with E-state index >= 15 is 0 Å². The number of hydrogen-bond donors (Lipinski definition) is 0. The molecule has 9 heteroatoms. The fraction of sp³-hybridized carbons (Fsp3) is 0.800. The molecular weight excluding hydrogens is 520 g/mol. The van der Waals surface area contributed by atoms with Gasteiger partial charge in [0.2, 0.25) is 0 Å². The molecule has 2 bridgehead atoms. The lowest BCUT2D eigenvalue weighted by atomic mass is 9.78. The molecule has 108 valence electrons. The van der Waals surface area contributed by atoms with Crippen molar-refractivity contribution >= 4 is 75.7 Å². The Bertz CT molecular complexity index is 394. The molecule has 0 spiro atoms. The van der Waals surface area contributed by atoms with E-state index in [4.69, 9.17) is 14.2 Å². The van der Waals surface area contributed by atoms with Crippen LogP contribution in [0.15, 0.2) is 0 Å². The molecule has 2 aliphatic rings. The molecule has 6 atom stereocenters. The maximum atomic E-state index is 12.2. The second kappa shape index (κ2) is 5.23. The predicted molar refractivity (Wildman–Crippen MR) is 81.4 cm³/mol. The molecule has 0 amide bonds. The summed E-state index contributed by atoms with van der Waals surface area (Å²) in [5.41, 5.74) is 0. The third kappa shape index (κ3) is 1.84. The molecule has 0 aromatic carbocycles. The largest absolute Gasteiger partial charge is 0.468 e. The van der Waals surface area contributed by atoms with Crippen LogP contribution in [-0.2, 0) is 23.8 Å². The standard InChI is InChI=1S/C10H10Br4O5/c1-17-7(15)9(13)5-3(11)4(12)6(19-5)10(9,14)8(16)18-2/h3-6H,1-2H3/t3-,4-,5-,6-,9+,10+/m0/s1. The van der Waals surface area contributed by atoms with Crippen molar-refractivity contribution in [3.05, 3.63) is 0 Å². The summed E-state index contributed by atoms with van der Waals surface area (Å²) in [5.74, 6) is -1.18. The van der Waals surface area contributed by atoms with Crippen molar-refractivity contribution in [1.29, 1.82) is 0 Å². The smallest absolute Gasteiger partial charge is 0.327 e. The summed E-state index contributed by atoms with van der Waals surface area (Å²) in [4.78, 5) is 24.1. The van der Waals surface area contributed by atoms with E-state index in [9.17, 15) is 9.59 Å². The number of hydrogen-bond acceptors (Lipinski definition) is 5. The maximum absolute atomic E-state index is 12.2. The van der Waals surface area contributed by atoms with E-state index < -0.39 is 32.8 Å². The van der Waals surface area contributed by atoms with E-state index in [0.29, 0.717) is 0 Å². The zero-order valence-corrected chi connectivity index (χ0v) is 16.2. The van der Waals surface area contributed by atoms with E-state index in [1.807, 2.05) is 0 Å². The highest BCUT2D eigenvalue weighted by Crippen LogP contribution is 2.61. The molecule has 0 unspecified atom stereocenters. The van der Waals surface area contributed by atoms with Gasteiger partial charge in [0.25, 0.3) is 0 Å². The second-order valence-corrected chi connectivity index (χ2v) is 8.89. The summed E-state index contributed by atoms with van der Waals surface area (Å²) in [6.45, 7) is 0. The quantitative estimate of drug-likeness (QED) is 0.404. The Morgan fingerprint density at radius 3 is 1.53 bits per heavy atom. The molecule has 0 saturated carbocycles. The molecule has 0 radical (unpaired) electrons. The van der Waals surface area contributed by atoms with Crippen LogP contribution < -0.4 is 0 Å². The molecule has 19 heavy (non-hydrogen) atoms. The summed E-state index contributed by atoms with van der Waals surface area (Å²) in [7, 11) is 2.52. The van der Waals surface area contributed by atoms with Crippen molar-refractivity contribution in [2.75, 3.05) is 14.2 Å². The Morgan fingerprint density at radius 2 is 1.26 bits per heavy atom. The number of halogens is 4. The highest BCUT2D eigenvalue weighted by molar-refractivity contribution is 9.14. The van der Waals surface area contributed by atoms with E-state index in [-0.39, 0.29) is 9.65 Å². The van der Waals surface area contributed by atoms with Crippen LogP contribution in [0.3, 0.4) is 0 Å². The minimum atomic E-state index is -1.36. The van der Waals surface area contributed by atoms with Gasteiger partial charge in [0.15, 0.2) is 8.65 Å². The van der Waals surface area contributed by atoms with Crippen molar-refractivity contribution in [3.8, 4) is 0 Å². The molecule has 2 saturated heterocycles. The highest BCUT2D eigenvalue weighted by Gasteiger charge is 2.80. The van der Waals surface area contributed by atoms with Gasteiger partial charge >= 0.3 is 11.9 Å². The van der Waals surface area contributed by atoms with Crippen LogP contribution >= 0.6 is 63.7 Å². The van der Waals surface area contributed by atoms with E-state index in [2.05, 4.69) is 63.7 Å². The second-order valence-electron chi connectivity index (χ2n) is 4.27. The number of methoxy groups -OCH3 is 2. The van der Waals surface area contributed by atoms with Crippen LogP contribution in [0.25, 0.3) is 0 Å².